The van der Waals surface area contributed by atoms with Crippen LogP contribution in [-0.2, 0) is 21.2 Å². The third-order valence-electron chi connectivity index (χ3n) is 4.89. The summed E-state index contributed by atoms with van der Waals surface area (Å²) in [5.41, 5.74) is 3.62. The highest BCUT2D eigenvalue weighted by Gasteiger charge is 2.34. The molecule has 0 saturated heterocycles. The molecule has 1 amide bonds. The van der Waals surface area contributed by atoms with Crippen LogP contribution in [0.1, 0.15) is 18.9 Å². The molecule has 2 aromatic carbocycles. The number of aryl methyl sites for hydroxylation is 1. The van der Waals surface area contributed by atoms with E-state index in [4.69, 9.17) is 0 Å². The number of sulfonamides is 1. The zero-order valence-corrected chi connectivity index (χ0v) is 15.4. The average Bonchev–Trinajstić information content (AvgIpc) is 2.62. The lowest BCUT2D eigenvalue weighted by Gasteiger charge is -2.41. The minimum Gasteiger partial charge on any atom is -0.368 e. The zero-order chi connectivity index (χ0) is 18.3. The molecule has 0 radical (unpaired) electrons. The molecule has 0 bridgehead atoms. The van der Waals surface area contributed by atoms with Gasteiger partial charge in [0.05, 0.1) is 22.8 Å². The number of amides is 1. The first-order chi connectivity index (χ1) is 12.5. The van der Waals surface area contributed by atoms with Gasteiger partial charge in [-0.2, -0.15) is 0 Å². The van der Waals surface area contributed by atoms with Crippen molar-refractivity contribution in [1.29, 1.82) is 0 Å². The number of hydrogen-bond acceptors (Lipinski definition) is 4. The summed E-state index contributed by atoms with van der Waals surface area (Å²) < 4.78 is 28.0. The Hall–Kier alpha value is -2.54. The molecule has 2 heterocycles. The van der Waals surface area contributed by atoms with E-state index in [-0.39, 0.29) is 10.8 Å². The smallest absolute Gasteiger partial charge is 0.264 e. The van der Waals surface area contributed by atoms with Gasteiger partial charge in [0, 0.05) is 25.7 Å². The van der Waals surface area contributed by atoms with Crippen LogP contribution < -0.4 is 14.5 Å². The Morgan fingerprint density at radius 3 is 2.54 bits per heavy atom. The maximum atomic E-state index is 13.2. The Kier molecular flexibility index (Phi) is 4.11. The van der Waals surface area contributed by atoms with Crippen LogP contribution in [0, 0.1) is 0 Å². The highest BCUT2D eigenvalue weighted by molar-refractivity contribution is 7.92. The third kappa shape index (κ3) is 2.82. The first kappa shape index (κ1) is 16.9. The minimum atomic E-state index is -3.65. The van der Waals surface area contributed by atoms with Crippen LogP contribution in [0.15, 0.2) is 47.4 Å². The number of benzene rings is 2. The summed E-state index contributed by atoms with van der Waals surface area (Å²) in [6.07, 6.45) is 2.09. The predicted octanol–water partition coefficient (Wildman–Crippen LogP) is 2.61. The van der Waals surface area contributed by atoms with E-state index in [0.717, 1.165) is 30.8 Å². The van der Waals surface area contributed by atoms with E-state index in [0.29, 0.717) is 18.8 Å². The molecule has 4 rings (SSSR count). The highest BCUT2D eigenvalue weighted by Crippen LogP contribution is 2.41. The van der Waals surface area contributed by atoms with E-state index >= 15 is 0 Å². The van der Waals surface area contributed by atoms with Gasteiger partial charge >= 0.3 is 0 Å². The number of anilines is 3. The Morgan fingerprint density at radius 2 is 1.81 bits per heavy atom. The molecule has 0 spiro atoms. The van der Waals surface area contributed by atoms with Crippen LogP contribution in [0.25, 0.3) is 0 Å². The lowest BCUT2D eigenvalue weighted by atomic mass is 9.99. The van der Waals surface area contributed by atoms with Crippen LogP contribution in [0.2, 0.25) is 0 Å². The van der Waals surface area contributed by atoms with Crippen molar-refractivity contribution in [3.05, 3.63) is 48.0 Å². The van der Waals surface area contributed by atoms with Gasteiger partial charge in [-0.05, 0) is 48.7 Å². The summed E-state index contributed by atoms with van der Waals surface area (Å²) in [7, 11) is -3.65. The van der Waals surface area contributed by atoms with E-state index in [2.05, 4.69) is 16.3 Å². The summed E-state index contributed by atoms with van der Waals surface area (Å²) in [5, 5.41) is 2.65. The first-order valence-corrected chi connectivity index (χ1v) is 10.2. The van der Waals surface area contributed by atoms with Crippen molar-refractivity contribution in [2.45, 2.75) is 24.7 Å². The summed E-state index contributed by atoms with van der Waals surface area (Å²) in [6.45, 7) is 3.53. The molecule has 2 aliphatic heterocycles. The summed E-state index contributed by atoms with van der Waals surface area (Å²) in [5.74, 6) is -0.187. The van der Waals surface area contributed by atoms with Crippen molar-refractivity contribution in [3.63, 3.8) is 0 Å². The average molecular weight is 371 g/mol. The highest BCUT2D eigenvalue weighted by atomic mass is 32.2. The van der Waals surface area contributed by atoms with Crippen LogP contribution in [-0.4, -0.2) is 34.0 Å². The second kappa shape index (κ2) is 6.32. The largest absolute Gasteiger partial charge is 0.368 e. The second-order valence-corrected chi connectivity index (χ2v) is 8.52. The summed E-state index contributed by atoms with van der Waals surface area (Å²) in [4.78, 5) is 13.7. The SMILES string of the molecule is CC(=O)Nc1ccc(S(=O)(=O)N2CCN3CCCc4cccc2c43)cc1. The van der Waals surface area contributed by atoms with Gasteiger partial charge in [-0.25, -0.2) is 8.42 Å². The Labute approximate surface area is 153 Å². The van der Waals surface area contributed by atoms with E-state index in [1.807, 2.05) is 12.1 Å². The fourth-order valence-corrected chi connectivity index (χ4v) is 5.23. The maximum absolute atomic E-state index is 13.2. The fraction of sp³-hybridized carbons (Fsp3) is 0.316. The van der Waals surface area contributed by atoms with Crippen molar-refractivity contribution < 1.29 is 13.2 Å². The monoisotopic (exact) mass is 371 g/mol. The van der Waals surface area contributed by atoms with Gasteiger partial charge in [0.2, 0.25) is 5.91 Å². The standard InChI is InChI=1S/C19H21N3O3S/c1-14(23)20-16-7-9-17(10-8-16)26(24,25)22-13-12-21-11-3-5-15-4-2-6-18(22)19(15)21/h2,4,6-10H,3,5,11-13H2,1H3,(H,20,23). The molecule has 26 heavy (non-hydrogen) atoms. The van der Waals surface area contributed by atoms with E-state index < -0.39 is 10.0 Å². The van der Waals surface area contributed by atoms with Gasteiger partial charge in [-0.15, -0.1) is 0 Å². The molecule has 0 aliphatic carbocycles. The molecule has 2 aliphatic rings. The number of carbonyl (C=O) groups is 1. The number of nitrogens with one attached hydrogen (secondary N) is 1. The third-order valence-corrected chi connectivity index (χ3v) is 6.72. The molecular formula is C19H21N3O3S. The lowest BCUT2D eigenvalue weighted by Crippen LogP contribution is -2.46. The van der Waals surface area contributed by atoms with Crippen LogP contribution in [0.4, 0.5) is 17.1 Å². The zero-order valence-electron chi connectivity index (χ0n) is 14.6. The maximum Gasteiger partial charge on any atom is 0.264 e. The van der Waals surface area contributed by atoms with Gasteiger partial charge in [0.15, 0.2) is 0 Å². The van der Waals surface area contributed by atoms with Crippen molar-refractivity contribution >= 4 is 33.0 Å². The predicted molar refractivity (Wildman–Crippen MR) is 102 cm³/mol. The fourth-order valence-electron chi connectivity index (χ4n) is 3.76. The van der Waals surface area contributed by atoms with Gasteiger partial charge in [0.1, 0.15) is 0 Å². The molecule has 0 unspecified atom stereocenters. The number of rotatable bonds is 3. The van der Waals surface area contributed by atoms with E-state index in [1.54, 1.807) is 24.3 Å². The van der Waals surface area contributed by atoms with Crippen molar-refractivity contribution in [2.75, 3.05) is 34.2 Å². The van der Waals surface area contributed by atoms with Gasteiger partial charge in [-0.1, -0.05) is 12.1 Å². The normalized spacial score (nSPS) is 16.2. The van der Waals surface area contributed by atoms with Crippen LogP contribution in [0.3, 0.4) is 0 Å². The molecular weight excluding hydrogens is 350 g/mol. The molecule has 0 fully saturated rings. The van der Waals surface area contributed by atoms with Crippen molar-refractivity contribution in [3.8, 4) is 0 Å². The van der Waals surface area contributed by atoms with Gasteiger partial charge < -0.3 is 10.2 Å². The molecule has 7 heteroatoms. The van der Waals surface area contributed by atoms with Crippen molar-refractivity contribution in [2.24, 2.45) is 0 Å². The second-order valence-electron chi connectivity index (χ2n) is 6.66. The molecule has 136 valence electrons. The number of nitrogens with zero attached hydrogens (tertiary/aromatic N) is 2. The summed E-state index contributed by atoms with van der Waals surface area (Å²) >= 11 is 0. The molecule has 2 aromatic rings. The Bertz CT molecular complexity index is 954. The molecule has 1 N–H and O–H groups in total. The van der Waals surface area contributed by atoms with Crippen LogP contribution >= 0.6 is 0 Å². The Morgan fingerprint density at radius 1 is 1.04 bits per heavy atom. The van der Waals surface area contributed by atoms with Gasteiger partial charge in [-0.3, -0.25) is 9.10 Å². The van der Waals surface area contributed by atoms with Crippen LogP contribution in [0.5, 0.6) is 0 Å². The molecule has 0 aromatic heterocycles. The first-order valence-electron chi connectivity index (χ1n) is 8.74. The summed E-state index contributed by atoms with van der Waals surface area (Å²) in [6, 6.07) is 12.2. The minimum absolute atomic E-state index is 0.187. The van der Waals surface area contributed by atoms with E-state index in [1.165, 1.54) is 16.8 Å². The molecule has 6 nitrogen and oxygen atoms in total. The number of hydrogen-bond donors (Lipinski definition) is 1. The van der Waals surface area contributed by atoms with E-state index in [9.17, 15) is 13.2 Å². The lowest BCUT2D eigenvalue weighted by molar-refractivity contribution is -0.114. The van der Waals surface area contributed by atoms with Crippen molar-refractivity contribution in [1.82, 2.24) is 0 Å². The quantitative estimate of drug-likeness (QED) is 0.900. The molecule has 0 saturated carbocycles. The topological polar surface area (TPSA) is 69.7 Å². The number of para-hydroxylation sites is 1. The Balaban J connectivity index is 1.72. The van der Waals surface area contributed by atoms with Gasteiger partial charge in [0.25, 0.3) is 10.0 Å². The number of carbonyl (C=O) groups excluding carboxylic acids is 1. The molecule has 0 atom stereocenters.